The maximum Gasteiger partial charge on any atom is 0.263 e. The van der Waals surface area contributed by atoms with E-state index < -0.39 is 6.43 Å². The number of hydrogen-bond donors (Lipinski definition) is 0. The van der Waals surface area contributed by atoms with Gasteiger partial charge in [-0.05, 0) is 12.8 Å². The van der Waals surface area contributed by atoms with E-state index in [0.717, 1.165) is 28.3 Å². The lowest BCUT2D eigenvalue weighted by molar-refractivity contribution is 0.0968. The Bertz CT molecular complexity index is 619. The molecule has 5 heteroatoms. The van der Waals surface area contributed by atoms with Crippen molar-refractivity contribution in [3.63, 3.8) is 0 Å². The molecule has 1 aromatic carbocycles. The zero-order valence-corrected chi connectivity index (χ0v) is 10.8. The summed E-state index contributed by atoms with van der Waals surface area (Å²) in [7, 11) is 0. The van der Waals surface area contributed by atoms with Gasteiger partial charge < -0.3 is 0 Å². The molecule has 19 heavy (non-hydrogen) atoms. The van der Waals surface area contributed by atoms with E-state index in [2.05, 4.69) is 4.98 Å². The first-order chi connectivity index (χ1) is 9.15. The van der Waals surface area contributed by atoms with Crippen molar-refractivity contribution in [2.24, 2.45) is 0 Å². The van der Waals surface area contributed by atoms with Gasteiger partial charge in [0.2, 0.25) is 0 Å². The molecule has 0 N–H and O–H groups in total. The van der Waals surface area contributed by atoms with Crippen molar-refractivity contribution in [3.05, 3.63) is 40.4 Å². The minimum Gasteiger partial charge on any atom is -0.292 e. The molecule has 3 rings (SSSR count). The third kappa shape index (κ3) is 2.30. The van der Waals surface area contributed by atoms with E-state index in [1.165, 1.54) is 23.5 Å². The van der Waals surface area contributed by atoms with E-state index >= 15 is 0 Å². The van der Waals surface area contributed by atoms with Gasteiger partial charge in [-0.2, -0.15) is 0 Å². The fourth-order valence-corrected chi connectivity index (χ4v) is 3.29. The third-order valence-corrected chi connectivity index (χ3v) is 4.34. The number of alkyl halides is 2. The van der Waals surface area contributed by atoms with E-state index in [9.17, 15) is 13.6 Å². The van der Waals surface area contributed by atoms with Crippen LogP contribution >= 0.6 is 11.3 Å². The molecule has 0 atom stereocenters. The maximum atomic E-state index is 12.5. The number of carbonyl (C=O) groups excluding carboxylic acids is 1. The second-order valence-electron chi connectivity index (χ2n) is 4.49. The number of Topliss-reactive ketones (excluding diaryl/α,β-unsaturated/α-hetero) is 1. The van der Waals surface area contributed by atoms with Gasteiger partial charge in [0.25, 0.3) is 6.43 Å². The Labute approximate surface area is 113 Å². The molecule has 0 amide bonds. The summed E-state index contributed by atoms with van der Waals surface area (Å²) >= 11 is 1.49. The fourth-order valence-electron chi connectivity index (χ4n) is 2.16. The second-order valence-corrected chi connectivity index (χ2v) is 5.57. The van der Waals surface area contributed by atoms with Crippen molar-refractivity contribution in [2.75, 3.05) is 0 Å². The monoisotopic (exact) mass is 279 g/mol. The highest BCUT2D eigenvalue weighted by atomic mass is 32.1. The molecule has 2 aromatic rings. The van der Waals surface area contributed by atoms with Gasteiger partial charge in [0, 0.05) is 22.4 Å². The summed E-state index contributed by atoms with van der Waals surface area (Å²) in [6.07, 6.45) is -0.147. The largest absolute Gasteiger partial charge is 0.292 e. The summed E-state index contributed by atoms with van der Waals surface area (Å²) in [4.78, 5) is 17.1. The Morgan fingerprint density at radius 2 is 1.89 bits per heavy atom. The predicted molar refractivity (Wildman–Crippen MR) is 69.8 cm³/mol. The number of fused-ring (bicyclic) bond motifs is 1. The highest BCUT2D eigenvalue weighted by molar-refractivity contribution is 7.15. The van der Waals surface area contributed by atoms with Crippen LogP contribution in [0.4, 0.5) is 8.78 Å². The lowest BCUT2D eigenvalue weighted by Gasteiger charge is -2.06. The standard InChI is InChI=1S/C14H11F2NOS/c15-13(16)8-4-6-9(7-5-8)14-17-12-10(18)2-1-3-11(12)19-14/h4-7,13H,1-3H2. The van der Waals surface area contributed by atoms with E-state index in [1.54, 1.807) is 12.1 Å². The van der Waals surface area contributed by atoms with Crippen molar-refractivity contribution in [1.82, 2.24) is 4.98 Å². The number of halogens is 2. The third-order valence-electron chi connectivity index (χ3n) is 3.18. The minimum absolute atomic E-state index is 0.00106. The predicted octanol–water partition coefficient (Wildman–Crippen LogP) is 4.27. The molecule has 0 unspecified atom stereocenters. The van der Waals surface area contributed by atoms with E-state index in [0.29, 0.717) is 12.1 Å². The van der Waals surface area contributed by atoms with Gasteiger partial charge in [-0.15, -0.1) is 11.3 Å². The molecular formula is C14H11F2NOS. The number of carbonyl (C=O) groups is 1. The van der Waals surface area contributed by atoms with Crippen LogP contribution in [0, 0.1) is 0 Å². The van der Waals surface area contributed by atoms with Crippen LogP contribution in [0.2, 0.25) is 0 Å². The number of nitrogens with zero attached hydrogens (tertiary/aromatic N) is 1. The van der Waals surface area contributed by atoms with Gasteiger partial charge >= 0.3 is 0 Å². The lowest BCUT2D eigenvalue weighted by Crippen LogP contribution is -2.08. The van der Waals surface area contributed by atoms with E-state index in [-0.39, 0.29) is 11.3 Å². The molecule has 0 aliphatic heterocycles. The molecule has 0 bridgehead atoms. The summed E-state index contributed by atoms with van der Waals surface area (Å²) < 4.78 is 25.0. The number of thiazole rings is 1. The van der Waals surface area contributed by atoms with Crippen molar-refractivity contribution in [1.29, 1.82) is 0 Å². The lowest BCUT2D eigenvalue weighted by atomic mass is 10.0. The first-order valence-electron chi connectivity index (χ1n) is 6.06. The number of ketones is 1. The number of aromatic nitrogens is 1. The van der Waals surface area contributed by atoms with Crippen molar-refractivity contribution < 1.29 is 13.6 Å². The SMILES string of the molecule is O=C1CCCc2sc(-c3ccc(C(F)F)cc3)nc21. The van der Waals surface area contributed by atoms with Crippen LogP contribution < -0.4 is 0 Å². The van der Waals surface area contributed by atoms with Gasteiger partial charge in [-0.1, -0.05) is 24.3 Å². The molecule has 1 heterocycles. The Balaban J connectivity index is 1.96. The Kier molecular flexibility index (Phi) is 3.14. The smallest absolute Gasteiger partial charge is 0.263 e. The van der Waals surface area contributed by atoms with Crippen LogP contribution in [-0.4, -0.2) is 10.8 Å². The molecule has 1 aromatic heterocycles. The van der Waals surface area contributed by atoms with Crippen LogP contribution in [0.1, 0.15) is 40.2 Å². The minimum atomic E-state index is -2.46. The summed E-state index contributed by atoms with van der Waals surface area (Å²) in [5.41, 5.74) is 1.36. The molecular weight excluding hydrogens is 268 g/mol. The fraction of sp³-hybridized carbons (Fsp3) is 0.286. The van der Waals surface area contributed by atoms with E-state index in [1.807, 2.05) is 0 Å². The highest BCUT2D eigenvalue weighted by Crippen LogP contribution is 2.33. The van der Waals surface area contributed by atoms with Gasteiger partial charge in [-0.3, -0.25) is 4.79 Å². The van der Waals surface area contributed by atoms with Gasteiger partial charge in [0.1, 0.15) is 10.7 Å². The molecule has 0 spiro atoms. The molecule has 2 nitrogen and oxygen atoms in total. The average Bonchev–Trinajstić information content (AvgIpc) is 2.84. The van der Waals surface area contributed by atoms with E-state index in [4.69, 9.17) is 0 Å². The van der Waals surface area contributed by atoms with Gasteiger partial charge in [0.15, 0.2) is 5.78 Å². The van der Waals surface area contributed by atoms with Gasteiger partial charge in [0.05, 0.1) is 0 Å². The molecule has 1 aliphatic carbocycles. The van der Waals surface area contributed by atoms with Crippen LogP contribution in [-0.2, 0) is 6.42 Å². The van der Waals surface area contributed by atoms with Crippen molar-refractivity contribution >= 4 is 17.1 Å². The number of rotatable bonds is 2. The number of benzene rings is 1. The molecule has 98 valence electrons. The quantitative estimate of drug-likeness (QED) is 0.821. The first-order valence-corrected chi connectivity index (χ1v) is 6.88. The maximum absolute atomic E-state index is 12.5. The zero-order valence-electron chi connectivity index (χ0n) is 10.0. The topological polar surface area (TPSA) is 30.0 Å². The number of aryl methyl sites for hydroxylation is 1. The normalized spacial score (nSPS) is 14.8. The summed E-state index contributed by atoms with van der Waals surface area (Å²) in [5, 5.41) is 0.737. The molecule has 0 fully saturated rings. The first kappa shape index (κ1) is 12.4. The molecule has 1 aliphatic rings. The summed E-state index contributed by atoms with van der Waals surface area (Å²) in [5.74, 6) is 0.0907. The summed E-state index contributed by atoms with van der Waals surface area (Å²) in [6.45, 7) is 0. The van der Waals surface area contributed by atoms with Crippen molar-refractivity contribution in [3.8, 4) is 10.6 Å². The Morgan fingerprint density at radius 1 is 1.16 bits per heavy atom. The van der Waals surface area contributed by atoms with Crippen LogP contribution in [0.5, 0.6) is 0 Å². The zero-order chi connectivity index (χ0) is 13.4. The van der Waals surface area contributed by atoms with Crippen LogP contribution in [0.25, 0.3) is 10.6 Å². The molecule has 0 saturated carbocycles. The highest BCUT2D eigenvalue weighted by Gasteiger charge is 2.22. The Morgan fingerprint density at radius 3 is 2.53 bits per heavy atom. The Hall–Kier alpha value is -1.62. The number of hydrogen-bond acceptors (Lipinski definition) is 3. The van der Waals surface area contributed by atoms with Crippen LogP contribution in [0.15, 0.2) is 24.3 Å². The summed E-state index contributed by atoms with van der Waals surface area (Å²) in [6, 6.07) is 6.08. The van der Waals surface area contributed by atoms with Gasteiger partial charge in [-0.25, -0.2) is 13.8 Å². The average molecular weight is 279 g/mol. The second kappa shape index (κ2) is 4.81. The van der Waals surface area contributed by atoms with Crippen molar-refractivity contribution in [2.45, 2.75) is 25.7 Å². The van der Waals surface area contributed by atoms with Crippen LogP contribution in [0.3, 0.4) is 0 Å². The molecule has 0 saturated heterocycles. The molecule has 0 radical (unpaired) electrons.